The summed E-state index contributed by atoms with van der Waals surface area (Å²) in [6, 6.07) is 30.4. The fourth-order valence-corrected chi connectivity index (χ4v) is 2.91. The molecule has 0 heterocycles. The molecule has 4 aromatic rings. The van der Waals surface area contributed by atoms with E-state index in [9.17, 15) is 0 Å². The van der Waals surface area contributed by atoms with Crippen LogP contribution in [0.3, 0.4) is 0 Å². The SMILES string of the molecule is Nc1ccc(Oc2ccccc2-c2ccccc2Oc2ccccc2N)cc1. The Morgan fingerprint density at radius 2 is 0.964 bits per heavy atom. The van der Waals surface area contributed by atoms with Gasteiger partial charge in [-0.15, -0.1) is 0 Å². The molecule has 138 valence electrons. The molecule has 0 aromatic heterocycles. The van der Waals surface area contributed by atoms with Crippen molar-refractivity contribution < 1.29 is 9.47 Å². The van der Waals surface area contributed by atoms with E-state index in [0.29, 0.717) is 28.6 Å². The lowest BCUT2D eigenvalue weighted by atomic mass is 10.0. The summed E-state index contributed by atoms with van der Waals surface area (Å²) in [6.07, 6.45) is 0. The van der Waals surface area contributed by atoms with Gasteiger partial charge in [-0.05, 0) is 48.5 Å². The highest BCUT2D eigenvalue weighted by Crippen LogP contribution is 2.40. The summed E-state index contributed by atoms with van der Waals surface area (Å²) in [5, 5.41) is 0. The van der Waals surface area contributed by atoms with E-state index in [1.807, 2.05) is 97.1 Å². The standard InChI is InChI=1S/C24H20N2O2/c25-17-13-15-18(16-14-17)27-22-10-4-1-7-19(22)20-8-2-5-11-23(20)28-24-12-6-3-9-21(24)26/h1-16H,25-26H2. The molecule has 4 aromatic carbocycles. The van der Waals surface area contributed by atoms with Crippen molar-refractivity contribution in [2.45, 2.75) is 0 Å². The predicted molar refractivity (Wildman–Crippen MR) is 114 cm³/mol. The average Bonchev–Trinajstić information content (AvgIpc) is 2.72. The molecule has 0 saturated heterocycles. The minimum absolute atomic E-state index is 0.587. The van der Waals surface area contributed by atoms with Crippen LogP contribution in [0.2, 0.25) is 0 Å². The smallest absolute Gasteiger partial charge is 0.150 e. The molecular weight excluding hydrogens is 348 g/mol. The zero-order valence-corrected chi connectivity index (χ0v) is 15.2. The molecule has 0 unspecified atom stereocenters. The lowest BCUT2D eigenvalue weighted by molar-refractivity contribution is 0.478. The van der Waals surface area contributed by atoms with Crippen molar-refractivity contribution in [3.8, 4) is 34.1 Å². The third-order valence-electron chi connectivity index (χ3n) is 4.31. The highest BCUT2D eigenvalue weighted by molar-refractivity contribution is 5.76. The molecule has 0 atom stereocenters. The third-order valence-corrected chi connectivity index (χ3v) is 4.31. The first-order valence-electron chi connectivity index (χ1n) is 8.95. The maximum Gasteiger partial charge on any atom is 0.150 e. The number of nitrogen functional groups attached to an aromatic ring is 2. The molecule has 4 rings (SSSR count). The van der Waals surface area contributed by atoms with E-state index in [1.54, 1.807) is 0 Å². The van der Waals surface area contributed by atoms with Crippen molar-refractivity contribution in [3.05, 3.63) is 97.1 Å². The summed E-state index contributed by atoms with van der Waals surface area (Å²) in [6.45, 7) is 0. The molecular formula is C24H20N2O2. The van der Waals surface area contributed by atoms with Gasteiger partial charge < -0.3 is 20.9 Å². The maximum absolute atomic E-state index is 6.12. The lowest BCUT2D eigenvalue weighted by Gasteiger charge is -2.16. The first kappa shape index (κ1) is 17.5. The minimum atomic E-state index is 0.587. The van der Waals surface area contributed by atoms with Crippen molar-refractivity contribution in [3.63, 3.8) is 0 Å². The monoisotopic (exact) mass is 368 g/mol. The van der Waals surface area contributed by atoms with Crippen molar-refractivity contribution in [2.24, 2.45) is 0 Å². The van der Waals surface area contributed by atoms with Crippen LogP contribution >= 0.6 is 0 Å². The number of ether oxygens (including phenoxy) is 2. The molecule has 0 saturated carbocycles. The second-order valence-electron chi connectivity index (χ2n) is 6.30. The summed E-state index contributed by atoms with van der Waals surface area (Å²) < 4.78 is 12.2. The highest BCUT2D eigenvalue weighted by Gasteiger charge is 2.13. The van der Waals surface area contributed by atoms with Crippen LogP contribution in [0.1, 0.15) is 0 Å². The Labute approximate surface area is 164 Å². The number of hydrogen-bond donors (Lipinski definition) is 2. The fourth-order valence-electron chi connectivity index (χ4n) is 2.91. The van der Waals surface area contributed by atoms with E-state index in [2.05, 4.69) is 0 Å². The number of para-hydroxylation sites is 4. The Kier molecular flexibility index (Phi) is 4.85. The van der Waals surface area contributed by atoms with Gasteiger partial charge in [-0.3, -0.25) is 0 Å². The van der Waals surface area contributed by atoms with Crippen LogP contribution in [0.15, 0.2) is 97.1 Å². The van der Waals surface area contributed by atoms with E-state index >= 15 is 0 Å². The minimum Gasteiger partial charge on any atom is -0.457 e. The summed E-state index contributed by atoms with van der Waals surface area (Å²) >= 11 is 0. The molecule has 0 aliphatic heterocycles. The molecule has 4 nitrogen and oxygen atoms in total. The molecule has 0 bridgehead atoms. The van der Waals surface area contributed by atoms with Crippen molar-refractivity contribution in [1.82, 2.24) is 0 Å². The van der Waals surface area contributed by atoms with Gasteiger partial charge in [0.2, 0.25) is 0 Å². The highest BCUT2D eigenvalue weighted by atomic mass is 16.5. The van der Waals surface area contributed by atoms with E-state index in [0.717, 1.165) is 16.9 Å². The number of rotatable bonds is 5. The second-order valence-corrected chi connectivity index (χ2v) is 6.30. The van der Waals surface area contributed by atoms with Gasteiger partial charge in [0.25, 0.3) is 0 Å². The van der Waals surface area contributed by atoms with Crippen LogP contribution in [-0.2, 0) is 0 Å². The molecule has 0 aliphatic carbocycles. The van der Waals surface area contributed by atoms with Crippen LogP contribution in [0, 0.1) is 0 Å². The molecule has 0 aliphatic rings. The van der Waals surface area contributed by atoms with E-state index in [-0.39, 0.29) is 0 Å². The van der Waals surface area contributed by atoms with Crippen LogP contribution in [0.4, 0.5) is 11.4 Å². The molecule has 0 spiro atoms. The Balaban J connectivity index is 1.72. The van der Waals surface area contributed by atoms with Crippen LogP contribution in [0.5, 0.6) is 23.0 Å². The molecule has 0 amide bonds. The topological polar surface area (TPSA) is 70.5 Å². The Hall–Kier alpha value is -3.92. The Bertz CT molecular complexity index is 1090. The van der Waals surface area contributed by atoms with Crippen LogP contribution in [0.25, 0.3) is 11.1 Å². The Morgan fingerprint density at radius 1 is 0.464 bits per heavy atom. The number of nitrogens with two attached hydrogens (primary N) is 2. The first-order valence-corrected chi connectivity index (χ1v) is 8.95. The summed E-state index contributed by atoms with van der Waals surface area (Å²) in [4.78, 5) is 0. The van der Waals surface area contributed by atoms with E-state index in [1.165, 1.54) is 0 Å². The molecule has 0 radical (unpaired) electrons. The van der Waals surface area contributed by atoms with Gasteiger partial charge in [0.15, 0.2) is 0 Å². The molecule has 28 heavy (non-hydrogen) atoms. The van der Waals surface area contributed by atoms with Crippen molar-refractivity contribution in [2.75, 3.05) is 11.5 Å². The zero-order valence-electron chi connectivity index (χ0n) is 15.2. The number of anilines is 2. The molecule has 4 N–H and O–H groups in total. The number of benzene rings is 4. The Morgan fingerprint density at radius 3 is 1.57 bits per heavy atom. The summed E-state index contributed by atoms with van der Waals surface area (Å²) in [5.41, 5.74) is 14.9. The van der Waals surface area contributed by atoms with Crippen LogP contribution < -0.4 is 20.9 Å². The summed E-state index contributed by atoms with van der Waals surface area (Å²) in [5.74, 6) is 2.76. The second kappa shape index (κ2) is 7.76. The van der Waals surface area contributed by atoms with Gasteiger partial charge in [-0.1, -0.05) is 48.5 Å². The molecule has 4 heteroatoms. The van der Waals surface area contributed by atoms with Crippen molar-refractivity contribution >= 4 is 11.4 Å². The maximum atomic E-state index is 6.12. The van der Waals surface area contributed by atoms with Gasteiger partial charge in [-0.25, -0.2) is 0 Å². The third kappa shape index (κ3) is 3.76. The number of hydrogen-bond acceptors (Lipinski definition) is 4. The van der Waals surface area contributed by atoms with E-state index in [4.69, 9.17) is 20.9 Å². The van der Waals surface area contributed by atoms with Gasteiger partial charge in [0.1, 0.15) is 23.0 Å². The van der Waals surface area contributed by atoms with Crippen LogP contribution in [-0.4, -0.2) is 0 Å². The average molecular weight is 368 g/mol. The van der Waals surface area contributed by atoms with E-state index < -0.39 is 0 Å². The fraction of sp³-hybridized carbons (Fsp3) is 0. The zero-order chi connectivity index (χ0) is 19.3. The molecule has 0 fully saturated rings. The lowest BCUT2D eigenvalue weighted by Crippen LogP contribution is -1.94. The summed E-state index contributed by atoms with van der Waals surface area (Å²) in [7, 11) is 0. The normalized spacial score (nSPS) is 10.4. The largest absolute Gasteiger partial charge is 0.457 e. The quantitative estimate of drug-likeness (QED) is 0.417. The predicted octanol–water partition coefficient (Wildman–Crippen LogP) is 6.10. The van der Waals surface area contributed by atoms with Gasteiger partial charge in [-0.2, -0.15) is 0 Å². The van der Waals surface area contributed by atoms with Crippen molar-refractivity contribution in [1.29, 1.82) is 0 Å². The van der Waals surface area contributed by atoms with Gasteiger partial charge in [0, 0.05) is 16.8 Å². The van der Waals surface area contributed by atoms with Gasteiger partial charge in [0.05, 0.1) is 5.69 Å². The van der Waals surface area contributed by atoms with Gasteiger partial charge >= 0.3 is 0 Å². The first-order chi connectivity index (χ1) is 13.7.